The van der Waals surface area contributed by atoms with Gasteiger partial charge in [0.15, 0.2) is 11.4 Å². The van der Waals surface area contributed by atoms with Crippen LogP contribution in [0.1, 0.15) is 12.0 Å². The Morgan fingerprint density at radius 2 is 2.07 bits per heavy atom. The highest BCUT2D eigenvalue weighted by Crippen LogP contribution is 2.30. The lowest BCUT2D eigenvalue weighted by atomic mass is 10.2. The summed E-state index contributed by atoms with van der Waals surface area (Å²) in [5, 5.41) is 5.48. The van der Waals surface area contributed by atoms with E-state index in [9.17, 15) is 8.42 Å². The van der Waals surface area contributed by atoms with Crippen molar-refractivity contribution in [3.63, 3.8) is 0 Å². The van der Waals surface area contributed by atoms with Crippen LogP contribution >= 0.6 is 0 Å². The number of furan rings is 1. The predicted octanol–water partition coefficient (Wildman–Crippen LogP) is 3.26. The molecule has 0 aliphatic carbocycles. The van der Waals surface area contributed by atoms with Crippen LogP contribution in [0.25, 0.3) is 28.1 Å². The molecule has 3 heterocycles. The first-order valence-electron chi connectivity index (χ1n) is 8.55. The molecule has 8 heteroatoms. The minimum atomic E-state index is -2.99. The summed E-state index contributed by atoms with van der Waals surface area (Å²) in [5.74, 6) is 1.17. The van der Waals surface area contributed by atoms with Gasteiger partial charge < -0.3 is 9.15 Å². The number of nitrogens with zero attached hydrogens (tertiary/aromatic N) is 3. The van der Waals surface area contributed by atoms with E-state index in [1.807, 2.05) is 31.2 Å². The maximum atomic E-state index is 11.2. The number of aryl methyl sites for hydroxylation is 1. The highest BCUT2D eigenvalue weighted by Gasteiger charge is 2.14. The number of benzene rings is 1. The number of imidazole rings is 1. The number of rotatable bonds is 6. The quantitative estimate of drug-likeness (QED) is 0.474. The average Bonchev–Trinajstić information content (AvgIpc) is 3.22. The van der Waals surface area contributed by atoms with Crippen molar-refractivity contribution in [1.82, 2.24) is 14.6 Å². The third-order valence-electron chi connectivity index (χ3n) is 4.24. The topological polar surface area (TPSA) is 86.7 Å². The second kappa shape index (κ2) is 6.70. The zero-order valence-corrected chi connectivity index (χ0v) is 15.9. The highest BCUT2D eigenvalue weighted by molar-refractivity contribution is 7.90. The number of aromatic nitrogens is 3. The molecule has 0 aliphatic heterocycles. The van der Waals surface area contributed by atoms with Crippen LogP contribution in [0.5, 0.6) is 5.88 Å². The first-order chi connectivity index (χ1) is 12.9. The van der Waals surface area contributed by atoms with Gasteiger partial charge in [-0.25, -0.2) is 17.9 Å². The zero-order chi connectivity index (χ0) is 19.0. The van der Waals surface area contributed by atoms with Gasteiger partial charge in [0.25, 0.3) is 0 Å². The lowest BCUT2D eigenvalue weighted by Crippen LogP contribution is -2.09. The third kappa shape index (κ3) is 3.66. The summed E-state index contributed by atoms with van der Waals surface area (Å²) < 4.78 is 35.7. The molecular formula is C19H19N3O4S. The Balaban J connectivity index is 1.62. The molecule has 4 aromatic rings. The Morgan fingerprint density at radius 3 is 2.85 bits per heavy atom. The minimum Gasteiger partial charge on any atom is -0.477 e. The molecule has 0 radical (unpaired) electrons. The Kier molecular flexibility index (Phi) is 4.35. The van der Waals surface area contributed by atoms with Crippen LogP contribution in [0.15, 0.2) is 47.0 Å². The molecule has 0 amide bonds. The lowest BCUT2D eigenvalue weighted by Gasteiger charge is -2.05. The summed E-state index contributed by atoms with van der Waals surface area (Å²) in [7, 11) is -2.99. The van der Waals surface area contributed by atoms with Gasteiger partial charge in [-0.1, -0.05) is 18.2 Å². The summed E-state index contributed by atoms with van der Waals surface area (Å²) in [4.78, 5) is 4.36. The van der Waals surface area contributed by atoms with E-state index < -0.39 is 9.84 Å². The summed E-state index contributed by atoms with van der Waals surface area (Å²) >= 11 is 0. The number of ether oxygens (including phenoxy) is 1. The number of hydrogen-bond acceptors (Lipinski definition) is 6. The van der Waals surface area contributed by atoms with Gasteiger partial charge in [0, 0.05) is 17.7 Å². The second-order valence-electron chi connectivity index (χ2n) is 6.52. The lowest BCUT2D eigenvalue weighted by molar-refractivity contribution is 0.301. The van der Waals surface area contributed by atoms with E-state index in [4.69, 9.17) is 9.15 Å². The van der Waals surface area contributed by atoms with Gasteiger partial charge in [-0.15, -0.1) is 5.10 Å². The first-order valence-corrected chi connectivity index (χ1v) is 10.6. The molecule has 3 aromatic heterocycles. The number of hydrogen-bond donors (Lipinski definition) is 0. The van der Waals surface area contributed by atoms with Crippen LogP contribution in [0, 0.1) is 6.92 Å². The van der Waals surface area contributed by atoms with E-state index in [0.29, 0.717) is 23.7 Å². The maximum Gasteiger partial charge on any atom is 0.231 e. The van der Waals surface area contributed by atoms with E-state index in [2.05, 4.69) is 10.1 Å². The van der Waals surface area contributed by atoms with Gasteiger partial charge in [-0.05, 0) is 31.0 Å². The summed E-state index contributed by atoms with van der Waals surface area (Å²) in [5.41, 5.74) is 3.30. The fourth-order valence-electron chi connectivity index (χ4n) is 2.93. The predicted molar refractivity (Wildman–Crippen MR) is 103 cm³/mol. The largest absolute Gasteiger partial charge is 0.477 e. The molecule has 27 heavy (non-hydrogen) atoms. The first kappa shape index (κ1) is 17.5. The van der Waals surface area contributed by atoms with Gasteiger partial charge in [-0.3, -0.25) is 0 Å². The van der Waals surface area contributed by atoms with Crippen LogP contribution in [0.4, 0.5) is 0 Å². The van der Waals surface area contributed by atoms with Crippen molar-refractivity contribution in [3.05, 3.63) is 48.2 Å². The van der Waals surface area contributed by atoms with E-state index in [-0.39, 0.29) is 12.4 Å². The van der Waals surface area contributed by atoms with Gasteiger partial charge in [-0.2, -0.15) is 0 Å². The summed E-state index contributed by atoms with van der Waals surface area (Å²) in [6.45, 7) is 2.28. The molecule has 0 saturated heterocycles. The molecule has 7 nitrogen and oxygen atoms in total. The Hall–Kier alpha value is -2.87. The van der Waals surface area contributed by atoms with Crippen LogP contribution in [-0.4, -0.2) is 41.6 Å². The Labute approximate surface area is 156 Å². The van der Waals surface area contributed by atoms with Gasteiger partial charge in [0.1, 0.15) is 21.1 Å². The standard InChI is InChI=1S/C19H19N3O4S/c1-13-5-3-6-14-11-16(26-19(13)14)15-12-20-17-7-8-18(21-22(15)17)25-9-4-10-27(2,23)24/h3,5-8,11-12H,4,9-10H2,1-2H3. The number of para-hydroxylation sites is 1. The van der Waals surface area contributed by atoms with Crippen molar-refractivity contribution in [2.45, 2.75) is 13.3 Å². The van der Waals surface area contributed by atoms with Crippen LogP contribution in [0.2, 0.25) is 0 Å². The van der Waals surface area contributed by atoms with Crippen LogP contribution in [-0.2, 0) is 9.84 Å². The Morgan fingerprint density at radius 1 is 1.22 bits per heavy atom. The number of fused-ring (bicyclic) bond motifs is 2. The summed E-state index contributed by atoms with van der Waals surface area (Å²) in [6, 6.07) is 11.5. The molecule has 0 unspecified atom stereocenters. The van der Waals surface area contributed by atoms with Gasteiger partial charge >= 0.3 is 0 Å². The molecule has 0 saturated carbocycles. The molecule has 0 aliphatic rings. The normalized spacial score (nSPS) is 12.1. The molecule has 1 aromatic carbocycles. The molecule has 140 valence electrons. The van der Waals surface area contributed by atoms with Crippen LogP contribution < -0.4 is 4.74 Å². The van der Waals surface area contributed by atoms with Crippen molar-refractivity contribution < 1.29 is 17.6 Å². The smallest absolute Gasteiger partial charge is 0.231 e. The fraction of sp³-hybridized carbons (Fsp3) is 0.263. The van der Waals surface area contributed by atoms with E-state index >= 15 is 0 Å². The molecule has 4 rings (SSSR count). The van der Waals surface area contributed by atoms with E-state index in [1.165, 1.54) is 6.26 Å². The fourth-order valence-corrected chi connectivity index (χ4v) is 3.58. The monoisotopic (exact) mass is 385 g/mol. The highest BCUT2D eigenvalue weighted by atomic mass is 32.2. The van der Waals surface area contributed by atoms with E-state index in [0.717, 1.165) is 22.2 Å². The Bertz CT molecular complexity index is 1220. The molecule has 0 fully saturated rings. The van der Waals surface area contributed by atoms with Crippen molar-refractivity contribution in [2.75, 3.05) is 18.6 Å². The molecule has 0 spiro atoms. The molecule has 0 N–H and O–H groups in total. The van der Waals surface area contributed by atoms with Crippen molar-refractivity contribution in [1.29, 1.82) is 0 Å². The van der Waals surface area contributed by atoms with E-state index in [1.54, 1.807) is 22.8 Å². The summed E-state index contributed by atoms with van der Waals surface area (Å²) in [6.07, 6.45) is 3.34. The molecule has 0 atom stereocenters. The van der Waals surface area contributed by atoms with Crippen molar-refractivity contribution in [2.24, 2.45) is 0 Å². The third-order valence-corrected chi connectivity index (χ3v) is 5.27. The zero-order valence-electron chi connectivity index (χ0n) is 15.0. The maximum absolute atomic E-state index is 11.2. The molecular weight excluding hydrogens is 366 g/mol. The SMILES string of the molecule is Cc1cccc2cc(-c3cnc4ccc(OCCCS(C)(=O)=O)nn34)oc12. The number of sulfone groups is 1. The van der Waals surface area contributed by atoms with Crippen molar-refractivity contribution >= 4 is 26.5 Å². The minimum absolute atomic E-state index is 0.0872. The van der Waals surface area contributed by atoms with Crippen LogP contribution in [0.3, 0.4) is 0 Å². The average molecular weight is 385 g/mol. The second-order valence-corrected chi connectivity index (χ2v) is 8.78. The van der Waals surface area contributed by atoms with Gasteiger partial charge in [0.05, 0.1) is 18.6 Å². The molecule has 0 bridgehead atoms. The van der Waals surface area contributed by atoms with Gasteiger partial charge in [0.2, 0.25) is 5.88 Å². The van der Waals surface area contributed by atoms with Crippen molar-refractivity contribution in [3.8, 4) is 17.3 Å².